The molecule has 0 aliphatic rings. The molecular weight excluding hydrogens is 275 g/mol. The molecule has 2 rings (SSSR count). The lowest BCUT2D eigenvalue weighted by atomic mass is 10.2. The van der Waals surface area contributed by atoms with Crippen molar-refractivity contribution in [3.05, 3.63) is 28.9 Å². The smallest absolute Gasteiger partial charge is 0.341 e. The maximum atomic E-state index is 13.6. The van der Waals surface area contributed by atoms with Crippen molar-refractivity contribution < 1.29 is 13.9 Å². The molecule has 0 bridgehead atoms. The van der Waals surface area contributed by atoms with Crippen molar-refractivity contribution in [2.24, 2.45) is 0 Å². The quantitative estimate of drug-likeness (QED) is 0.664. The Morgan fingerprint density at radius 1 is 1.63 bits per heavy atom. The maximum absolute atomic E-state index is 13.6. The van der Waals surface area contributed by atoms with Gasteiger partial charge in [0.2, 0.25) is 5.28 Å². The lowest BCUT2D eigenvalue weighted by Gasteiger charge is -1.99. The van der Waals surface area contributed by atoms with Gasteiger partial charge in [0, 0.05) is 0 Å². The molecule has 3 N–H and O–H groups in total. The molecule has 8 heteroatoms. The molecule has 6 nitrogen and oxygen atoms in total. The van der Waals surface area contributed by atoms with Crippen molar-refractivity contribution in [2.45, 2.75) is 6.92 Å². The third-order valence-electron chi connectivity index (χ3n) is 2.31. The standard InChI is InChI=1S/C11H10ClFN4O2/c1-2-19-10(18)5-3-7(16-9(5)14)8-6(13)4-15-11(12)17-8/h3-4,16H,2,14H2,1H3. The van der Waals surface area contributed by atoms with Gasteiger partial charge in [-0.3, -0.25) is 0 Å². The van der Waals surface area contributed by atoms with E-state index in [1.165, 1.54) is 6.07 Å². The number of aromatic nitrogens is 3. The maximum Gasteiger partial charge on any atom is 0.341 e. The minimum atomic E-state index is -0.680. The van der Waals surface area contributed by atoms with E-state index in [-0.39, 0.29) is 34.7 Å². The first-order valence-electron chi connectivity index (χ1n) is 5.37. The zero-order valence-corrected chi connectivity index (χ0v) is 10.7. The lowest BCUT2D eigenvalue weighted by Crippen LogP contribution is -2.05. The SMILES string of the molecule is CCOC(=O)c1cc(-c2nc(Cl)ncc2F)[nH]c1N. The Balaban J connectivity index is 2.44. The number of esters is 1. The van der Waals surface area contributed by atoms with Crippen LogP contribution in [0.2, 0.25) is 5.28 Å². The molecule has 100 valence electrons. The molecule has 0 saturated heterocycles. The van der Waals surface area contributed by atoms with E-state index < -0.39 is 11.8 Å². The Hall–Kier alpha value is -2.15. The normalized spacial score (nSPS) is 10.5. The van der Waals surface area contributed by atoms with Gasteiger partial charge < -0.3 is 15.5 Å². The summed E-state index contributed by atoms with van der Waals surface area (Å²) in [5.74, 6) is -1.20. The van der Waals surface area contributed by atoms with Crippen LogP contribution in [0.5, 0.6) is 0 Å². The molecule has 0 spiro atoms. The first-order valence-corrected chi connectivity index (χ1v) is 5.74. The molecule has 0 fully saturated rings. The van der Waals surface area contributed by atoms with Crippen molar-refractivity contribution >= 4 is 23.4 Å². The zero-order valence-electron chi connectivity index (χ0n) is 9.91. The van der Waals surface area contributed by atoms with Gasteiger partial charge in [0.15, 0.2) is 5.82 Å². The summed E-state index contributed by atoms with van der Waals surface area (Å²) in [6.45, 7) is 1.89. The van der Waals surface area contributed by atoms with E-state index >= 15 is 0 Å². The Morgan fingerprint density at radius 2 is 2.37 bits per heavy atom. The largest absolute Gasteiger partial charge is 0.462 e. The van der Waals surface area contributed by atoms with Gasteiger partial charge in [0.25, 0.3) is 0 Å². The van der Waals surface area contributed by atoms with Gasteiger partial charge in [-0.25, -0.2) is 19.2 Å². The topological polar surface area (TPSA) is 93.9 Å². The molecule has 0 atom stereocenters. The van der Waals surface area contributed by atoms with E-state index in [1.807, 2.05) is 0 Å². The highest BCUT2D eigenvalue weighted by Gasteiger charge is 2.18. The van der Waals surface area contributed by atoms with Gasteiger partial charge in [-0.05, 0) is 24.6 Å². The Labute approximate surface area is 112 Å². The fourth-order valence-electron chi connectivity index (χ4n) is 1.51. The number of ether oxygens (including phenoxy) is 1. The molecular formula is C11H10ClFN4O2. The van der Waals surface area contributed by atoms with Crippen molar-refractivity contribution in [1.29, 1.82) is 0 Å². The minimum absolute atomic E-state index is 0.0674. The fraction of sp³-hybridized carbons (Fsp3) is 0.182. The fourth-order valence-corrected chi connectivity index (χ4v) is 1.64. The summed E-state index contributed by atoms with van der Waals surface area (Å²) in [7, 11) is 0. The second kappa shape index (κ2) is 5.23. The number of nitrogens with zero attached hydrogens (tertiary/aromatic N) is 2. The van der Waals surface area contributed by atoms with Crippen LogP contribution in [-0.2, 0) is 4.74 Å². The second-order valence-electron chi connectivity index (χ2n) is 3.57. The summed E-state index contributed by atoms with van der Waals surface area (Å²) in [6.07, 6.45) is 0.936. The van der Waals surface area contributed by atoms with Crippen LogP contribution >= 0.6 is 11.6 Å². The highest BCUT2D eigenvalue weighted by molar-refractivity contribution is 6.28. The van der Waals surface area contributed by atoms with E-state index in [2.05, 4.69) is 15.0 Å². The van der Waals surface area contributed by atoms with Gasteiger partial charge in [0.1, 0.15) is 17.1 Å². The van der Waals surface area contributed by atoms with Crippen LogP contribution in [0.1, 0.15) is 17.3 Å². The number of H-pyrrole nitrogens is 1. The molecule has 2 heterocycles. The number of carbonyl (C=O) groups is 1. The molecule has 19 heavy (non-hydrogen) atoms. The van der Waals surface area contributed by atoms with Crippen molar-refractivity contribution in [2.75, 3.05) is 12.3 Å². The number of hydrogen-bond acceptors (Lipinski definition) is 5. The molecule has 0 saturated carbocycles. The average molecular weight is 285 g/mol. The summed E-state index contributed by atoms with van der Waals surface area (Å²) >= 11 is 5.60. The highest BCUT2D eigenvalue weighted by Crippen LogP contribution is 2.25. The summed E-state index contributed by atoms with van der Waals surface area (Å²) in [5, 5.41) is -0.109. The Bertz CT molecular complexity index is 629. The van der Waals surface area contributed by atoms with Crippen molar-refractivity contribution in [3.8, 4) is 11.4 Å². The van der Waals surface area contributed by atoms with E-state index in [0.717, 1.165) is 6.20 Å². The average Bonchev–Trinajstić information content (AvgIpc) is 2.74. The van der Waals surface area contributed by atoms with Crippen molar-refractivity contribution in [3.63, 3.8) is 0 Å². The minimum Gasteiger partial charge on any atom is -0.462 e. The summed E-state index contributed by atoms with van der Waals surface area (Å²) in [4.78, 5) is 21.5. The molecule has 0 radical (unpaired) electrons. The lowest BCUT2D eigenvalue weighted by molar-refractivity contribution is 0.0528. The number of anilines is 1. The third-order valence-corrected chi connectivity index (χ3v) is 2.50. The van der Waals surface area contributed by atoms with Crippen LogP contribution in [0.4, 0.5) is 10.2 Å². The number of aromatic amines is 1. The van der Waals surface area contributed by atoms with Crippen LogP contribution in [0, 0.1) is 5.82 Å². The number of nitrogen functional groups attached to an aromatic ring is 1. The number of hydrogen-bond donors (Lipinski definition) is 2. The van der Waals surface area contributed by atoms with Crippen LogP contribution in [0.15, 0.2) is 12.3 Å². The molecule has 0 aliphatic carbocycles. The Morgan fingerprint density at radius 3 is 3.05 bits per heavy atom. The zero-order chi connectivity index (χ0) is 14.0. The second-order valence-corrected chi connectivity index (χ2v) is 3.90. The summed E-state index contributed by atoms with van der Waals surface area (Å²) in [5.41, 5.74) is 5.92. The molecule has 2 aromatic rings. The monoisotopic (exact) mass is 284 g/mol. The van der Waals surface area contributed by atoms with Gasteiger partial charge in [0.05, 0.1) is 18.5 Å². The number of nitrogens with one attached hydrogen (secondary N) is 1. The van der Waals surface area contributed by atoms with Crippen LogP contribution in [-0.4, -0.2) is 27.5 Å². The van der Waals surface area contributed by atoms with E-state index in [0.29, 0.717) is 0 Å². The number of nitrogens with two attached hydrogens (primary N) is 1. The van der Waals surface area contributed by atoms with Gasteiger partial charge in [-0.1, -0.05) is 0 Å². The number of carbonyl (C=O) groups excluding carboxylic acids is 1. The third kappa shape index (κ3) is 2.65. The van der Waals surface area contributed by atoms with E-state index in [1.54, 1.807) is 6.92 Å². The van der Waals surface area contributed by atoms with Crippen molar-refractivity contribution in [1.82, 2.24) is 15.0 Å². The van der Waals surface area contributed by atoms with Gasteiger partial charge in [-0.2, -0.15) is 0 Å². The highest BCUT2D eigenvalue weighted by atomic mass is 35.5. The number of halogens is 2. The van der Waals surface area contributed by atoms with E-state index in [4.69, 9.17) is 22.1 Å². The predicted molar refractivity (Wildman–Crippen MR) is 67.2 cm³/mol. The Kier molecular flexibility index (Phi) is 3.66. The van der Waals surface area contributed by atoms with Gasteiger partial charge in [-0.15, -0.1) is 0 Å². The van der Waals surface area contributed by atoms with Crippen LogP contribution < -0.4 is 5.73 Å². The van der Waals surface area contributed by atoms with Gasteiger partial charge >= 0.3 is 5.97 Å². The summed E-state index contributed by atoms with van der Waals surface area (Å²) < 4.78 is 18.4. The molecule has 0 aromatic carbocycles. The van der Waals surface area contributed by atoms with Crippen LogP contribution in [0.25, 0.3) is 11.4 Å². The van der Waals surface area contributed by atoms with Crippen LogP contribution in [0.3, 0.4) is 0 Å². The van der Waals surface area contributed by atoms with E-state index in [9.17, 15) is 9.18 Å². The molecule has 0 amide bonds. The summed E-state index contributed by atoms with van der Waals surface area (Å²) in [6, 6.07) is 1.36. The molecule has 0 unspecified atom stereocenters. The first kappa shape index (κ1) is 13.3. The predicted octanol–water partition coefficient (Wildman–Crippen LogP) is 2.02. The first-order chi connectivity index (χ1) is 9.02. The molecule has 2 aromatic heterocycles. The molecule has 0 aliphatic heterocycles. The number of rotatable bonds is 3.